The van der Waals surface area contributed by atoms with Gasteiger partial charge in [-0.1, -0.05) is 0 Å². The summed E-state index contributed by atoms with van der Waals surface area (Å²) >= 11 is 1.44. The molecule has 2 N–H and O–H groups in total. The van der Waals surface area contributed by atoms with Crippen LogP contribution in [0.4, 0.5) is 0 Å². The van der Waals surface area contributed by atoms with Gasteiger partial charge in [0.05, 0.1) is 6.04 Å². The van der Waals surface area contributed by atoms with Crippen molar-refractivity contribution in [1.29, 1.82) is 0 Å². The molecule has 0 saturated carbocycles. The molecule has 1 saturated heterocycles. The lowest BCUT2D eigenvalue weighted by molar-refractivity contribution is -0.138. The van der Waals surface area contributed by atoms with E-state index in [0.717, 1.165) is 5.01 Å². The summed E-state index contributed by atoms with van der Waals surface area (Å²) in [7, 11) is 0. The van der Waals surface area contributed by atoms with Crippen LogP contribution in [0.2, 0.25) is 0 Å². The normalized spacial score (nSPS) is 25.2. The number of hydrogen-bond donors (Lipinski definition) is 2. The zero-order valence-electron chi connectivity index (χ0n) is 7.64. The molecule has 0 spiro atoms. The number of carbonyl (C=O) groups is 1. The zero-order chi connectivity index (χ0) is 10.8. The number of nitrogens with one attached hydrogen (secondary N) is 1. The van der Waals surface area contributed by atoms with Gasteiger partial charge < -0.3 is 5.11 Å². The highest BCUT2D eigenvalue weighted by Crippen LogP contribution is 2.30. The molecule has 15 heavy (non-hydrogen) atoms. The first-order valence-electron chi connectivity index (χ1n) is 4.34. The average molecular weight is 224 g/mol. The Morgan fingerprint density at radius 1 is 1.73 bits per heavy atom. The number of nitrogens with zero attached hydrogens (tertiary/aromatic N) is 1. The van der Waals surface area contributed by atoms with Crippen LogP contribution in [0.3, 0.4) is 0 Å². The van der Waals surface area contributed by atoms with Crippen LogP contribution in [-0.4, -0.2) is 28.0 Å². The van der Waals surface area contributed by atoms with Gasteiger partial charge in [0.2, 0.25) is 0 Å². The summed E-state index contributed by atoms with van der Waals surface area (Å²) < 4.78 is 0. The Morgan fingerprint density at radius 3 is 3.00 bits per heavy atom. The number of carboxylic acids is 1. The standard InChI is InChI=1S/C9H8N2O3S/c12-4-5-3-6(8-10-1-2-15-8)11-7(5)9(13)14/h1-2,6-7,11H,3H2,(H,13,14). The molecule has 1 fully saturated rings. The molecule has 1 aliphatic heterocycles. The summed E-state index contributed by atoms with van der Waals surface area (Å²) in [5.41, 5.74) is 0.253. The van der Waals surface area contributed by atoms with E-state index in [0.29, 0.717) is 6.42 Å². The quantitative estimate of drug-likeness (QED) is 0.710. The van der Waals surface area contributed by atoms with Crippen molar-refractivity contribution in [3.8, 4) is 0 Å². The molecule has 1 aromatic heterocycles. The maximum absolute atomic E-state index is 10.8. The minimum atomic E-state index is -1.05. The number of carboxylic acid groups (broad SMARTS) is 1. The fourth-order valence-electron chi connectivity index (χ4n) is 1.58. The van der Waals surface area contributed by atoms with Gasteiger partial charge in [-0.3, -0.25) is 10.1 Å². The van der Waals surface area contributed by atoms with Gasteiger partial charge in [0, 0.05) is 23.6 Å². The Hall–Kier alpha value is -1.49. The van der Waals surface area contributed by atoms with E-state index in [-0.39, 0.29) is 11.6 Å². The second-order valence-corrected chi connectivity index (χ2v) is 4.12. The Bertz CT molecular complexity index is 423. The third kappa shape index (κ3) is 1.83. The summed E-state index contributed by atoms with van der Waals surface area (Å²) in [5, 5.41) is 14.3. The van der Waals surface area contributed by atoms with Crippen LogP contribution in [-0.2, 0) is 9.59 Å². The lowest BCUT2D eigenvalue weighted by Crippen LogP contribution is -2.33. The van der Waals surface area contributed by atoms with Crippen molar-refractivity contribution >= 4 is 23.2 Å². The molecule has 0 bridgehead atoms. The van der Waals surface area contributed by atoms with Crippen molar-refractivity contribution in [3.63, 3.8) is 0 Å². The van der Waals surface area contributed by atoms with Gasteiger partial charge in [0.25, 0.3) is 0 Å². The molecule has 1 aliphatic rings. The van der Waals surface area contributed by atoms with Crippen LogP contribution in [0.5, 0.6) is 0 Å². The van der Waals surface area contributed by atoms with E-state index in [1.165, 1.54) is 11.3 Å². The lowest BCUT2D eigenvalue weighted by Gasteiger charge is -2.07. The summed E-state index contributed by atoms with van der Waals surface area (Å²) in [4.78, 5) is 25.4. The van der Waals surface area contributed by atoms with E-state index in [1.54, 1.807) is 12.1 Å². The summed E-state index contributed by atoms with van der Waals surface area (Å²) in [6.07, 6.45) is 2.02. The van der Waals surface area contributed by atoms with Crippen molar-refractivity contribution in [2.45, 2.75) is 18.5 Å². The molecular weight excluding hydrogens is 216 g/mol. The van der Waals surface area contributed by atoms with E-state index in [1.807, 2.05) is 5.38 Å². The van der Waals surface area contributed by atoms with Gasteiger partial charge in [-0.2, -0.15) is 0 Å². The average Bonchev–Trinajstić information content (AvgIpc) is 2.86. The van der Waals surface area contributed by atoms with Gasteiger partial charge in [0.1, 0.15) is 17.0 Å². The van der Waals surface area contributed by atoms with Crippen LogP contribution in [0.15, 0.2) is 17.2 Å². The molecule has 78 valence electrons. The lowest BCUT2D eigenvalue weighted by atomic mass is 10.1. The predicted molar refractivity (Wildman–Crippen MR) is 53.2 cm³/mol. The van der Waals surface area contributed by atoms with E-state index in [2.05, 4.69) is 10.3 Å². The van der Waals surface area contributed by atoms with Gasteiger partial charge in [-0.05, 0) is 0 Å². The first-order valence-corrected chi connectivity index (χ1v) is 5.22. The molecule has 1 aromatic rings. The molecule has 6 heteroatoms. The predicted octanol–water partition coefficient (Wildman–Crippen LogP) is 0.389. The van der Waals surface area contributed by atoms with Crippen LogP contribution < -0.4 is 5.32 Å². The number of rotatable bonds is 2. The van der Waals surface area contributed by atoms with Crippen LogP contribution in [0, 0.1) is 0 Å². The highest BCUT2D eigenvalue weighted by molar-refractivity contribution is 7.09. The fourth-order valence-corrected chi connectivity index (χ4v) is 2.28. The van der Waals surface area contributed by atoms with Gasteiger partial charge in [-0.15, -0.1) is 11.3 Å². The number of aromatic nitrogens is 1. The van der Waals surface area contributed by atoms with Crippen LogP contribution in [0.1, 0.15) is 17.5 Å². The maximum atomic E-state index is 10.8. The Balaban J connectivity index is 2.22. The van der Waals surface area contributed by atoms with Gasteiger partial charge >= 0.3 is 5.97 Å². The maximum Gasteiger partial charge on any atom is 0.325 e. The van der Waals surface area contributed by atoms with E-state index in [4.69, 9.17) is 5.11 Å². The fraction of sp³-hybridized carbons (Fsp3) is 0.333. The van der Waals surface area contributed by atoms with Crippen molar-refractivity contribution in [2.24, 2.45) is 0 Å². The number of thiazole rings is 1. The molecule has 2 rings (SSSR count). The summed E-state index contributed by atoms with van der Waals surface area (Å²) in [6, 6.07) is -1.10. The Kier molecular flexibility index (Phi) is 2.64. The minimum absolute atomic E-state index is 0.178. The first kappa shape index (κ1) is 10.0. The van der Waals surface area contributed by atoms with Crippen molar-refractivity contribution in [3.05, 3.63) is 22.2 Å². The summed E-state index contributed by atoms with van der Waals surface area (Å²) in [6.45, 7) is 0. The van der Waals surface area contributed by atoms with E-state index in [9.17, 15) is 9.59 Å². The van der Waals surface area contributed by atoms with E-state index < -0.39 is 12.0 Å². The smallest absolute Gasteiger partial charge is 0.325 e. The molecular formula is C9H8N2O3S. The topological polar surface area (TPSA) is 79.3 Å². The van der Waals surface area contributed by atoms with E-state index >= 15 is 0 Å². The largest absolute Gasteiger partial charge is 0.480 e. The second-order valence-electron chi connectivity index (χ2n) is 3.19. The zero-order valence-corrected chi connectivity index (χ0v) is 8.45. The third-order valence-electron chi connectivity index (χ3n) is 2.27. The highest BCUT2D eigenvalue weighted by atomic mass is 32.1. The Labute approximate surface area is 89.5 Å². The molecule has 5 nitrogen and oxygen atoms in total. The SMILES string of the molecule is O=C=C1CC(c2nccs2)NC1C(=O)O. The molecule has 0 aliphatic carbocycles. The number of aliphatic carboxylic acids is 1. The van der Waals surface area contributed by atoms with Gasteiger partial charge in [-0.25, -0.2) is 9.78 Å². The molecule has 0 radical (unpaired) electrons. The second kappa shape index (κ2) is 3.94. The Morgan fingerprint density at radius 2 is 2.53 bits per heavy atom. The first-order chi connectivity index (χ1) is 7.22. The highest BCUT2D eigenvalue weighted by Gasteiger charge is 2.36. The van der Waals surface area contributed by atoms with Crippen molar-refractivity contribution in [1.82, 2.24) is 10.3 Å². The number of hydrogen-bond acceptors (Lipinski definition) is 5. The molecule has 2 unspecified atom stereocenters. The van der Waals surface area contributed by atoms with Crippen molar-refractivity contribution in [2.75, 3.05) is 0 Å². The van der Waals surface area contributed by atoms with Crippen LogP contribution in [0.25, 0.3) is 0 Å². The molecule has 2 heterocycles. The van der Waals surface area contributed by atoms with Crippen LogP contribution >= 0.6 is 11.3 Å². The third-order valence-corrected chi connectivity index (χ3v) is 3.16. The number of carbonyl (C=O) groups excluding carboxylic acids is 1. The minimum Gasteiger partial charge on any atom is -0.480 e. The summed E-state index contributed by atoms with van der Waals surface area (Å²) in [5.74, 6) is 0.639. The molecule has 0 aromatic carbocycles. The van der Waals surface area contributed by atoms with Crippen molar-refractivity contribution < 1.29 is 14.7 Å². The van der Waals surface area contributed by atoms with Gasteiger partial charge in [0.15, 0.2) is 0 Å². The molecule has 2 atom stereocenters. The molecule has 0 amide bonds. The monoisotopic (exact) mass is 224 g/mol.